The molecule has 5 nitrogen and oxygen atoms in total. The van der Waals surface area contributed by atoms with E-state index in [1.165, 1.54) is 6.33 Å². The van der Waals surface area contributed by atoms with Crippen LogP contribution in [0.25, 0.3) is 0 Å². The van der Waals surface area contributed by atoms with Crippen LogP contribution in [0.1, 0.15) is 46.5 Å². The molecule has 1 heterocycles. The predicted octanol–water partition coefficient (Wildman–Crippen LogP) is 1.82. The van der Waals surface area contributed by atoms with Crippen LogP contribution in [0.4, 0.5) is 0 Å². The van der Waals surface area contributed by atoms with Crippen LogP contribution in [0.5, 0.6) is 0 Å². The van der Waals surface area contributed by atoms with Crippen LogP contribution in [-0.4, -0.2) is 39.2 Å². The number of hydrogen-bond acceptors (Lipinski definition) is 4. The van der Waals surface area contributed by atoms with Gasteiger partial charge in [-0.15, -0.1) is 0 Å². The molecule has 0 aliphatic heterocycles. The zero-order valence-corrected chi connectivity index (χ0v) is 12.2. The van der Waals surface area contributed by atoms with E-state index in [1.807, 2.05) is 18.5 Å². The molecule has 2 atom stereocenters. The van der Waals surface area contributed by atoms with Crippen molar-refractivity contribution in [3.8, 4) is 0 Å². The summed E-state index contributed by atoms with van der Waals surface area (Å²) in [6, 6.07) is 0.241. The molecule has 5 heteroatoms. The van der Waals surface area contributed by atoms with Crippen molar-refractivity contribution in [2.45, 2.75) is 59.3 Å². The van der Waals surface area contributed by atoms with Crippen molar-refractivity contribution < 1.29 is 9.84 Å². The normalized spacial score (nSPS) is 16.0. The van der Waals surface area contributed by atoms with Gasteiger partial charge in [-0.1, -0.05) is 20.8 Å². The summed E-state index contributed by atoms with van der Waals surface area (Å²) < 4.78 is 7.25. The molecule has 0 radical (unpaired) electrons. The van der Waals surface area contributed by atoms with Gasteiger partial charge in [-0.2, -0.15) is 5.10 Å². The van der Waals surface area contributed by atoms with E-state index >= 15 is 0 Å². The van der Waals surface area contributed by atoms with Gasteiger partial charge in [-0.3, -0.25) is 0 Å². The first-order valence-corrected chi connectivity index (χ1v) is 6.36. The topological polar surface area (TPSA) is 60.2 Å². The number of aliphatic hydroxyl groups is 1. The van der Waals surface area contributed by atoms with Crippen molar-refractivity contribution in [3.05, 3.63) is 12.2 Å². The Kier molecular flexibility index (Phi) is 4.87. The number of methoxy groups -OCH3 is 1. The highest BCUT2D eigenvalue weighted by atomic mass is 16.5. The lowest BCUT2D eigenvalue weighted by Gasteiger charge is -2.33. The van der Waals surface area contributed by atoms with E-state index in [2.05, 4.69) is 30.9 Å². The van der Waals surface area contributed by atoms with Gasteiger partial charge in [0.2, 0.25) is 0 Å². The minimum absolute atomic E-state index is 0.114. The number of aromatic nitrogens is 3. The first-order chi connectivity index (χ1) is 8.27. The van der Waals surface area contributed by atoms with Crippen molar-refractivity contribution in [2.75, 3.05) is 7.11 Å². The summed E-state index contributed by atoms with van der Waals surface area (Å²) in [4.78, 5) is 4.21. The molecule has 0 saturated carbocycles. The first kappa shape index (κ1) is 15.1. The van der Waals surface area contributed by atoms with E-state index < -0.39 is 6.10 Å². The fraction of sp³-hybridized carbons (Fsp3) is 0.846. The Balaban J connectivity index is 2.80. The third-order valence-electron chi connectivity index (χ3n) is 2.99. The van der Waals surface area contributed by atoms with Crippen molar-refractivity contribution in [1.29, 1.82) is 0 Å². The van der Waals surface area contributed by atoms with Crippen molar-refractivity contribution in [3.63, 3.8) is 0 Å². The molecule has 18 heavy (non-hydrogen) atoms. The molecule has 0 spiro atoms. The Hall–Kier alpha value is -0.940. The van der Waals surface area contributed by atoms with Gasteiger partial charge in [0, 0.05) is 19.6 Å². The lowest BCUT2D eigenvalue weighted by molar-refractivity contribution is -0.0708. The number of aliphatic hydroxyl groups excluding tert-OH is 1. The molecule has 0 fully saturated rings. The maximum atomic E-state index is 10.3. The maximum Gasteiger partial charge on any atom is 0.138 e. The van der Waals surface area contributed by atoms with Gasteiger partial charge < -0.3 is 9.84 Å². The van der Waals surface area contributed by atoms with Crippen LogP contribution in [0.15, 0.2) is 6.33 Å². The standard InChI is InChI=1S/C13H25N3O2/c1-9(2)16-11(14-8-15-16)7-10(17)12(18-6)13(3,4)5/h8-10,12,17H,7H2,1-6H3. The number of hydrogen-bond donors (Lipinski definition) is 1. The van der Waals surface area contributed by atoms with Crippen LogP contribution >= 0.6 is 0 Å². The average Bonchev–Trinajstić information content (AvgIpc) is 2.64. The van der Waals surface area contributed by atoms with Crippen molar-refractivity contribution in [2.24, 2.45) is 5.41 Å². The molecule has 104 valence electrons. The molecule has 1 aromatic rings. The SMILES string of the molecule is COC(C(O)Cc1ncnn1C(C)C)C(C)(C)C. The van der Waals surface area contributed by atoms with Crippen molar-refractivity contribution in [1.82, 2.24) is 14.8 Å². The van der Waals surface area contributed by atoms with Crippen LogP contribution < -0.4 is 0 Å². The second kappa shape index (κ2) is 5.80. The van der Waals surface area contributed by atoms with Crippen LogP contribution in [0.3, 0.4) is 0 Å². The monoisotopic (exact) mass is 255 g/mol. The second-order valence-corrected chi connectivity index (χ2v) is 6.01. The summed E-state index contributed by atoms with van der Waals surface area (Å²) in [6.45, 7) is 10.2. The quantitative estimate of drug-likeness (QED) is 0.872. The zero-order valence-electron chi connectivity index (χ0n) is 12.2. The Morgan fingerprint density at radius 2 is 2.00 bits per heavy atom. The van der Waals surface area contributed by atoms with Gasteiger partial charge in [-0.25, -0.2) is 9.67 Å². The van der Waals surface area contributed by atoms with E-state index in [9.17, 15) is 5.11 Å². The summed E-state index contributed by atoms with van der Waals surface area (Å²) in [5.41, 5.74) is -0.114. The van der Waals surface area contributed by atoms with Gasteiger partial charge in [0.1, 0.15) is 12.2 Å². The van der Waals surface area contributed by atoms with E-state index in [4.69, 9.17) is 4.74 Å². The lowest BCUT2D eigenvalue weighted by Crippen LogP contribution is -2.41. The molecule has 0 amide bonds. The van der Waals surface area contributed by atoms with Crippen LogP contribution in [0, 0.1) is 5.41 Å². The molecule has 0 saturated heterocycles. The Labute approximate surface area is 109 Å². The third kappa shape index (κ3) is 3.53. The molecule has 2 unspecified atom stereocenters. The maximum absolute atomic E-state index is 10.3. The largest absolute Gasteiger partial charge is 0.390 e. The van der Waals surface area contributed by atoms with Crippen LogP contribution in [-0.2, 0) is 11.2 Å². The van der Waals surface area contributed by atoms with E-state index in [0.29, 0.717) is 6.42 Å². The predicted molar refractivity (Wildman–Crippen MR) is 70.4 cm³/mol. The van der Waals surface area contributed by atoms with Gasteiger partial charge in [0.05, 0.1) is 12.2 Å². The van der Waals surface area contributed by atoms with Gasteiger partial charge in [0.25, 0.3) is 0 Å². The molecule has 0 aromatic carbocycles. The Morgan fingerprint density at radius 1 is 1.39 bits per heavy atom. The highest BCUT2D eigenvalue weighted by Gasteiger charge is 2.32. The van der Waals surface area contributed by atoms with Gasteiger partial charge in [0.15, 0.2) is 0 Å². The number of ether oxygens (including phenoxy) is 1. The minimum Gasteiger partial charge on any atom is -0.390 e. The molecule has 0 bridgehead atoms. The highest BCUT2D eigenvalue weighted by molar-refractivity contribution is 4.93. The molecular weight excluding hydrogens is 230 g/mol. The molecule has 1 aromatic heterocycles. The fourth-order valence-electron chi connectivity index (χ4n) is 2.23. The Bertz CT molecular complexity index is 369. The highest BCUT2D eigenvalue weighted by Crippen LogP contribution is 2.26. The lowest BCUT2D eigenvalue weighted by atomic mass is 9.84. The summed E-state index contributed by atoms with van der Waals surface area (Å²) in [5.74, 6) is 0.795. The van der Waals surface area contributed by atoms with Crippen LogP contribution in [0.2, 0.25) is 0 Å². The van der Waals surface area contributed by atoms with Gasteiger partial charge >= 0.3 is 0 Å². The molecule has 1 N–H and O–H groups in total. The molecule has 1 rings (SSSR count). The van der Waals surface area contributed by atoms with Gasteiger partial charge in [-0.05, 0) is 19.3 Å². The average molecular weight is 255 g/mol. The Morgan fingerprint density at radius 3 is 2.44 bits per heavy atom. The minimum atomic E-state index is -0.586. The summed E-state index contributed by atoms with van der Waals surface area (Å²) in [6.07, 6.45) is 1.17. The smallest absolute Gasteiger partial charge is 0.138 e. The van der Waals surface area contributed by atoms with Crippen molar-refractivity contribution >= 4 is 0 Å². The molecule has 0 aliphatic carbocycles. The first-order valence-electron chi connectivity index (χ1n) is 6.36. The van der Waals surface area contributed by atoms with E-state index in [0.717, 1.165) is 5.82 Å². The third-order valence-corrected chi connectivity index (χ3v) is 2.99. The molecular formula is C13H25N3O2. The summed E-state index contributed by atoms with van der Waals surface area (Å²) in [5, 5.41) is 14.5. The summed E-state index contributed by atoms with van der Waals surface area (Å²) >= 11 is 0. The zero-order chi connectivity index (χ0) is 13.9. The summed E-state index contributed by atoms with van der Waals surface area (Å²) in [7, 11) is 1.63. The number of nitrogens with zero attached hydrogens (tertiary/aromatic N) is 3. The fourth-order valence-corrected chi connectivity index (χ4v) is 2.23. The second-order valence-electron chi connectivity index (χ2n) is 6.01. The van der Waals surface area contributed by atoms with E-state index in [-0.39, 0.29) is 17.6 Å². The number of rotatable bonds is 5. The molecule has 0 aliphatic rings. The van der Waals surface area contributed by atoms with E-state index in [1.54, 1.807) is 7.11 Å².